The zero-order valence-electron chi connectivity index (χ0n) is 16.1. The Balaban J connectivity index is 2.49. The van der Waals surface area contributed by atoms with E-state index in [4.69, 9.17) is 15.5 Å². The van der Waals surface area contributed by atoms with Gasteiger partial charge in [-0.25, -0.2) is 4.57 Å². The average Bonchev–Trinajstić information content (AvgIpc) is 2.62. The quantitative estimate of drug-likeness (QED) is 0.170. The molecule has 0 aliphatic rings. The first-order chi connectivity index (χ1) is 12.7. The lowest BCUT2D eigenvalue weighted by Crippen LogP contribution is -2.48. The van der Waals surface area contributed by atoms with Gasteiger partial charge in [0, 0.05) is 3.57 Å². The molecule has 0 saturated carbocycles. The fraction of sp³-hybridized carbons (Fsp3) is 0.684. The second kappa shape index (κ2) is 12.5. The molecule has 1 aromatic carbocycles. The monoisotopic (exact) mass is 513 g/mol. The Kier molecular flexibility index (Phi) is 11.6. The lowest BCUT2D eigenvalue weighted by atomic mass is 9.93. The zero-order chi connectivity index (χ0) is 20.3. The van der Waals surface area contributed by atoms with Gasteiger partial charge in [-0.05, 0) is 65.5 Å². The van der Waals surface area contributed by atoms with Crippen LogP contribution in [0.25, 0.3) is 0 Å². The molecule has 0 aliphatic carbocycles. The van der Waals surface area contributed by atoms with Crippen molar-refractivity contribution in [3.8, 4) is 0 Å². The van der Waals surface area contributed by atoms with Crippen molar-refractivity contribution in [2.45, 2.75) is 70.3 Å². The van der Waals surface area contributed by atoms with E-state index in [2.05, 4.69) is 52.2 Å². The maximum atomic E-state index is 10.8. The number of aliphatic hydroxyl groups is 1. The van der Waals surface area contributed by atoms with Gasteiger partial charge in [-0.2, -0.15) is 0 Å². The summed E-state index contributed by atoms with van der Waals surface area (Å²) in [5.74, 6) is 0. The standard InChI is InChI=1S/C19H33INO5P/c1-2-3-4-5-6-7-8-17-10-9-16(13-18(17)20)11-12-19(21,14-22)15-26-27(23,24)25/h9-10,13,22H,2-8,11-12,14-15,21H2,1H3,(H2,23,24,25)/t19-/m0/s1. The summed E-state index contributed by atoms with van der Waals surface area (Å²) in [6.45, 7) is 1.44. The highest BCUT2D eigenvalue weighted by molar-refractivity contribution is 14.1. The molecule has 0 amide bonds. The van der Waals surface area contributed by atoms with E-state index in [-0.39, 0.29) is 6.61 Å². The van der Waals surface area contributed by atoms with Crippen LogP contribution in [0, 0.1) is 3.57 Å². The van der Waals surface area contributed by atoms with Crippen molar-refractivity contribution in [3.63, 3.8) is 0 Å². The van der Waals surface area contributed by atoms with Crippen LogP contribution in [0.5, 0.6) is 0 Å². The van der Waals surface area contributed by atoms with E-state index in [0.29, 0.717) is 12.8 Å². The highest BCUT2D eigenvalue weighted by Gasteiger charge is 2.28. The minimum atomic E-state index is -4.60. The number of phosphoric acid groups is 1. The van der Waals surface area contributed by atoms with Crippen molar-refractivity contribution in [2.75, 3.05) is 13.2 Å². The molecule has 1 aromatic rings. The van der Waals surface area contributed by atoms with Crippen LogP contribution in [-0.2, 0) is 21.9 Å². The van der Waals surface area contributed by atoms with Crippen LogP contribution >= 0.6 is 30.4 Å². The first-order valence-electron chi connectivity index (χ1n) is 9.56. The van der Waals surface area contributed by atoms with E-state index < -0.39 is 20.0 Å². The third-order valence-corrected chi connectivity index (χ3v) is 6.13. The second-order valence-electron chi connectivity index (χ2n) is 7.23. The zero-order valence-corrected chi connectivity index (χ0v) is 19.1. The summed E-state index contributed by atoms with van der Waals surface area (Å²) in [5, 5.41) is 9.47. The van der Waals surface area contributed by atoms with E-state index >= 15 is 0 Å². The van der Waals surface area contributed by atoms with Crippen LogP contribution in [0.15, 0.2) is 18.2 Å². The normalized spacial score (nSPS) is 14.3. The maximum absolute atomic E-state index is 10.8. The van der Waals surface area contributed by atoms with Gasteiger partial charge in [-0.3, -0.25) is 4.52 Å². The minimum Gasteiger partial charge on any atom is -0.394 e. The summed E-state index contributed by atoms with van der Waals surface area (Å²) in [6, 6.07) is 6.33. The summed E-state index contributed by atoms with van der Waals surface area (Å²) in [6.07, 6.45) is 9.75. The van der Waals surface area contributed by atoms with Gasteiger partial charge in [-0.15, -0.1) is 0 Å². The number of halogens is 1. The van der Waals surface area contributed by atoms with Gasteiger partial charge >= 0.3 is 7.82 Å². The van der Waals surface area contributed by atoms with Crippen molar-refractivity contribution in [1.29, 1.82) is 0 Å². The second-order valence-corrected chi connectivity index (χ2v) is 9.63. The molecular formula is C19H33INO5P. The Morgan fingerprint density at radius 2 is 1.81 bits per heavy atom. The molecule has 5 N–H and O–H groups in total. The van der Waals surface area contributed by atoms with Gasteiger partial charge in [0.25, 0.3) is 0 Å². The third kappa shape index (κ3) is 10.9. The molecule has 156 valence electrons. The molecule has 0 heterocycles. The number of hydrogen-bond acceptors (Lipinski definition) is 4. The Morgan fingerprint density at radius 1 is 1.15 bits per heavy atom. The molecule has 0 radical (unpaired) electrons. The smallest absolute Gasteiger partial charge is 0.394 e. The van der Waals surface area contributed by atoms with Crippen LogP contribution in [0.2, 0.25) is 0 Å². The Labute approximate surface area is 176 Å². The minimum absolute atomic E-state index is 0.371. The number of benzene rings is 1. The van der Waals surface area contributed by atoms with Crippen LogP contribution in [0.4, 0.5) is 0 Å². The topological polar surface area (TPSA) is 113 Å². The largest absolute Gasteiger partial charge is 0.469 e. The highest BCUT2D eigenvalue weighted by atomic mass is 127. The van der Waals surface area contributed by atoms with Crippen molar-refractivity contribution in [1.82, 2.24) is 0 Å². The van der Waals surface area contributed by atoms with Crippen LogP contribution in [0.1, 0.15) is 63.0 Å². The first-order valence-corrected chi connectivity index (χ1v) is 12.2. The average molecular weight is 513 g/mol. The fourth-order valence-corrected chi connectivity index (χ4v) is 4.12. The molecule has 27 heavy (non-hydrogen) atoms. The Bertz CT molecular complexity index is 610. The predicted octanol–water partition coefficient (Wildman–Crippen LogP) is 3.93. The third-order valence-electron chi connectivity index (χ3n) is 4.66. The first kappa shape index (κ1) is 25.0. The number of unbranched alkanes of at least 4 members (excludes halogenated alkanes) is 5. The molecule has 0 bridgehead atoms. The predicted molar refractivity (Wildman–Crippen MR) is 117 cm³/mol. The van der Waals surface area contributed by atoms with Crippen molar-refractivity contribution in [3.05, 3.63) is 32.9 Å². The van der Waals surface area contributed by atoms with E-state index in [1.807, 2.05) is 0 Å². The molecule has 1 atom stereocenters. The number of aryl methyl sites for hydroxylation is 2. The van der Waals surface area contributed by atoms with E-state index in [9.17, 15) is 9.67 Å². The number of aliphatic hydroxyl groups excluding tert-OH is 1. The molecule has 0 saturated heterocycles. The van der Waals surface area contributed by atoms with Gasteiger partial charge in [0.05, 0.1) is 18.8 Å². The number of nitrogens with two attached hydrogens (primary N) is 1. The summed E-state index contributed by atoms with van der Waals surface area (Å²) in [4.78, 5) is 17.6. The fourth-order valence-electron chi connectivity index (χ4n) is 2.85. The Morgan fingerprint density at radius 3 is 2.41 bits per heavy atom. The number of hydrogen-bond donors (Lipinski definition) is 4. The van der Waals surface area contributed by atoms with Crippen LogP contribution in [-0.4, -0.2) is 33.6 Å². The lowest BCUT2D eigenvalue weighted by Gasteiger charge is -2.27. The summed E-state index contributed by atoms with van der Waals surface area (Å²) in [5.41, 5.74) is 7.28. The van der Waals surface area contributed by atoms with Gasteiger partial charge < -0.3 is 20.6 Å². The maximum Gasteiger partial charge on any atom is 0.469 e. The molecule has 0 aromatic heterocycles. The van der Waals surface area contributed by atoms with Gasteiger partial charge in [0.2, 0.25) is 0 Å². The number of rotatable bonds is 14. The van der Waals surface area contributed by atoms with Crippen molar-refractivity contribution >= 4 is 30.4 Å². The van der Waals surface area contributed by atoms with E-state index in [1.54, 1.807) is 0 Å². The molecule has 0 unspecified atom stereocenters. The van der Waals surface area contributed by atoms with E-state index in [0.717, 1.165) is 12.0 Å². The van der Waals surface area contributed by atoms with Crippen LogP contribution in [0.3, 0.4) is 0 Å². The molecule has 0 spiro atoms. The summed E-state index contributed by atoms with van der Waals surface area (Å²) in [7, 11) is -4.60. The Hall–Kier alpha value is -0.0200. The molecular weight excluding hydrogens is 480 g/mol. The van der Waals surface area contributed by atoms with Gasteiger partial charge in [0.15, 0.2) is 0 Å². The molecule has 0 aliphatic heterocycles. The molecule has 1 rings (SSSR count). The molecule has 6 nitrogen and oxygen atoms in total. The summed E-state index contributed by atoms with van der Waals surface area (Å²) >= 11 is 2.35. The lowest BCUT2D eigenvalue weighted by molar-refractivity contribution is 0.102. The highest BCUT2D eigenvalue weighted by Crippen LogP contribution is 2.36. The van der Waals surface area contributed by atoms with Gasteiger partial charge in [0.1, 0.15) is 0 Å². The van der Waals surface area contributed by atoms with Crippen LogP contribution < -0.4 is 5.73 Å². The number of phosphoric ester groups is 1. The van der Waals surface area contributed by atoms with Crippen molar-refractivity contribution < 1.29 is 24.0 Å². The van der Waals surface area contributed by atoms with E-state index in [1.165, 1.54) is 47.7 Å². The summed E-state index contributed by atoms with van der Waals surface area (Å²) < 4.78 is 16.5. The van der Waals surface area contributed by atoms with Gasteiger partial charge in [-0.1, -0.05) is 51.2 Å². The SMILES string of the molecule is CCCCCCCCc1ccc(CC[C@](N)(CO)COP(=O)(O)O)cc1I. The molecule has 0 fully saturated rings. The van der Waals surface area contributed by atoms with Crippen molar-refractivity contribution in [2.24, 2.45) is 5.73 Å². The molecule has 8 heteroatoms.